The van der Waals surface area contributed by atoms with Crippen LogP contribution >= 0.6 is 11.3 Å². The fourth-order valence-electron chi connectivity index (χ4n) is 3.78. The normalized spacial score (nSPS) is 15.5. The number of carbonyl (C=O) groups is 2. The number of hydrogen-bond acceptors (Lipinski definition) is 7. The molecule has 1 unspecified atom stereocenters. The van der Waals surface area contributed by atoms with Gasteiger partial charge in [-0.1, -0.05) is 12.1 Å². The van der Waals surface area contributed by atoms with Crippen molar-refractivity contribution in [2.45, 2.75) is 19.4 Å². The topological polar surface area (TPSA) is 93.6 Å². The summed E-state index contributed by atoms with van der Waals surface area (Å²) in [6.07, 6.45) is 2.63. The number of benzene rings is 1. The number of likely N-dealkylation sites (tertiary alicyclic amines) is 1. The zero-order chi connectivity index (χ0) is 23.2. The summed E-state index contributed by atoms with van der Waals surface area (Å²) in [5.74, 6) is 0.860. The lowest BCUT2D eigenvalue weighted by Gasteiger charge is -2.17. The summed E-state index contributed by atoms with van der Waals surface area (Å²) in [5.41, 5.74) is 2.64. The van der Waals surface area contributed by atoms with Crippen LogP contribution in [0.15, 0.2) is 48.0 Å². The molecule has 9 heteroatoms. The molecule has 1 aliphatic rings. The van der Waals surface area contributed by atoms with Crippen LogP contribution < -0.4 is 14.8 Å². The first kappa shape index (κ1) is 22.7. The van der Waals surface area contributed by atoms with Crippen LogP contribution in [0.1, 0.15) is 17.7 Å². The summed E-state index contributed by atoms with van der Waals surface area (Å²) >= 11 is 1.49. The number of thiazole rings is 1. The Kier molecular flexibility index (Phi) is 7.19. The van der Waals surface area contributed by atoms with Crippen molar-refractivity contribution in [2.75, 3.05) is 27.3 Å². The van der Waals surface area contributed by atoms with Gasteiger partial charge in [-0.25, -0.2) is 4.98 Å². The molecule has 33 heavy (non-hydrogen) atoms. The van der Waals surface area contributed by atoms with Gasteiger partial charge in [0.25, 0.3) is 0 Å². The van der Waals surface area contributed by atoms with Crippen LogP contribution in [0, 0.1) is 5.92 Å². The van der Waals surface area contributed by atoms with Gasteiger partial charge in [0, 0.05) is 31.1 Å². The fourth-order valence-corrected chi connectivity index (χ4v) is 4.58. The largest absolute Gasteiger partial charge is 0.493 e. The molecular formula is C24H26N4O4S. The van der Waals surface area contributed by atoms with Crippen LogP contribution in [-0.4, -0.2) is 54.0 Å². The molecular weight excluding hydrogens is 440 g/mol. The van der Waals surface area contributed by atoms with Crippen LogP contribution in [-0.2, 0) is 22.6 Å². The highest BCUT2D eigenvalue weighted by Crippen LogP contribution is 2.28. The maximum atomic E-state index is 12.7. The van der Waals surface area contributed by atoms with Gasteiger partial charge in [-0.15, -0.1) is 11.3 Å². The lowest BCUT2D eigenvalue weighted by molar-refractivity contribution is -0.129. The molecule has 3 heterocycles. The van der Waals surface area contributed by atoms with Gasteiger partial charge in [-0.05, 0) is 36.2 Å². The van der Waals surface area contributed by atoms with Gasteiger partial charge in [0.15, 0.2) is 11.5 Å². The van der Waals surface area contributed by atoms with E-state index in [0.29, 0.717) is 37.6 Å². The van der Waals surface area contributed by atoms with Crippen molar-refractivity contribution in [3.8, 4) is 22.2 Å². The molecule has 1 atom stereocenters. The van der Waals surface area contributed by atoms with Gasteiger partial charge in [0.2, 0.25) is 11.8 Å². The predicted molar refractivity (Wildman–Crippen MR) is 125 cm³/mol. The molecule has 0 radical (unpaired) electrons. The maximum Gasteiger partial charge on any atom is 0.225 e. The molecule has 1 aromatic carbocycles. The van der Waals surface area contributed by atoms with E-state index >= 15 is 0 Å². The molecule has 0 saturated carbocycles. The summed E-state index contributed by atoms with van der Waals surface area (Å²) in [6.45, 7) is 1.31. The van der Waals surface area contributed by atoms with Gasteiger partial charge in [0.1, 0.15) is 5.01 Å². The molecule has 1 fully saturated rings. The highest BCUT2D eigenvalue weighted by Gasteiger charge is 2.33. The Morgan fingerprint density at radius 3 is 2.82 bits per heavy atom. The van der Waals surface area contributed by atoms with Gasteiger partial charge in [-0.3, -0.25) is 14.6 Å². The van der Waals surface area contributed by atoms with Gasteiger partial charge >= 0.3 is 0 Å². The number of ether oxygens (including phenoxy) is 2. The van der Waals surface area contributed by atoms with E-state index in [0.717, 1.165) is 22.0 Å². The molecule has 8 nitrogen and oxygen atoms in total. The Bertz CT molecular complexity index is 1120. The summed E-state index contributed by atoms with van der Waals surface area (Å²) in [6, 6.07) is 11.4. The highest BCUT2D eigenvalue weighted by atomic mass is 32.1. The van der Waals surface area contributed by atoms with Crippen LogP contribution in [0.3, 0.4) is 0 Å². The van der Waals surface area contributed by atoms with Crippen molar-refractivity contribution < 1.29 is 19.1 Å². The second kappa shape index (κ2) is 10.4. The highest BCUT2D eigenvalue weighted by molar-refractivity contribution is 7.13. The molecule has 3 aromatic rings. The van der Waals surface area contributed by atoms with E-state index in [2.05, 4.69) is 15.3 Å². The molecule has 4 rings (SSSR count). The lowest BCUT2D eigenvalue weighted by atomic mass is 10.1. The number of pyridine rings is 1. The predicted octanol–water partition coefficient (Wildman–Crippen LogP) is 2.93. The van der Waals surface area contributed by atoms with E-state index in [9.17, 15) is 9.59 Å². The Hall–Kier alpha value is -3.46. The molecule has 1 N–H and O–H groups in total. The lowest BCUT2D eigenvalue weighted by Crippen LogP contribution is -2.33. The van der Waals surface area contributed by atoms with E-state index < -0.39 is 0 Å². The first-order chi connectivity index (χ1) is 16.1. The minimum atomic E-state index is -0.350. The van der Waals surface area contributed by atoms with Gasteiger partial charge in [0.05, 0.1) is 38.1 Å². The average molecular weight is 467 g/mol. The second-order valence-electron chi connectivity index (χ2n) is 7.76. The van der Waals surface area contributed by atoms with Crippen LogP contribution in [0.4, 0.5) is 0 Å². The number of aromatic nitrogens is 2. The van der Waals surface area contributed by atoms with E-state index in [1.807, 2.05) is 41.8 Å². The SMILES string of the molecule is COc1ccc(CCN2CC(C(=O)NCc3csc(-c4ccccn4)n3)CC2=O)cc1OC. The molecule has 2 amide bonds. The van der Waals surface area contributed by atoms with Crippen LogP contribution in [0.2, 0.25) is 0 Å². The number of carbonyl (C=O) groups excluding carboxylic acids is 2. The third-order valence-corrected chi connectivity index (χ3v) is 6.50. The van der Waals surface area contributed by atoms with Crippen molar-refractivity contribution in [2.24, 2.45) is 5.92 Å². The molecule has 0 aliphatic carbocycles. The van der Waals surface area contributed by atoms with E-state index in [-0.39, 0.29) is 24.2 Å². The fraction of sp³-hybridized carbons (Fsp3) is 0.333. The monoisotopic (exact) mass is 466 g/mol. The molecule has 0 bridgehead atoms. The van der Waals surface area contributed by atoms with Crippen LogP contribution in [0.5, 0.6) is 11.5 Å². The summed E-state index contributed by atoms with van der Waals surface area (Å²) in [4.78, 5) is 35.7. The zero-order valence-corrected chi connectivity index (χ0v) is 19.4. The third kappa shape index (κ3) is 5.48. The first-order valence-electron chi connectivity index (χ1n) is 10.7. The average Bonchev–Trinajstić information content (AvgIpc) is 3.48. The van der Waals surface area contributed by atoms with Crippen molar-refractivity contribution in [1.82, 2.24) is 20.2 Å². The number of hydrogen-bond donors (Lipinski definition) is 1. The Balaban J connectivity index is 1.27. The number of amides is 2. The molecule has 0 spiro atoms. The van der Waals surface area contributed by atoms with Crippen molar-refractivity contribution in [1.29, 1.82) is 0 Å². The van der Waals surface area contributed by atoms with E-state index in [4.69, 9.17) is 9.47 Å². The second-order valence-corrected chi connectivity index (χ2v) is 8.62. The van der Waals surface area contributed by atoms with Crippen molar-refractivity contribution in [3.63, 3.8) is 0 Å². The first-order valence-corrected chi connectivity index (χ1v) is 11.6. The standard InChI is InChI=1S/C24H26N4O4S/c1-31-20-7-6-16(11-21(20)32-2)8-10-28-14-17(12-22(28)29)23(30)26-13-18-15-33-24(27-18)19-5-3-4-9-25-19/h3-7,9,11,15,17H,8,10,12-14H2,1-2H3,(H,26,30). The van der Waals surface area contributed by atoms with Gasteiger partial charge in [-0.2, -0.15) is 0 Å². The molecule has 2 aromatic heterocycles. The van der Waals surface area contributed by atoms with E-state index in [1.165, 1.54) is 11.3 Å². The van der Waals surface area contributed by atoms with Crippen molar-refractivity contribution >= 4 is 23.2 Å². The Labute approximate surface area is 196 Å². The zero-order valence-electron chi connectivity index (χ0n) is 18.6. The quantitative estimate of drug-likeness (QED) is 0.521. The van der Waals surface area contributed by atoms with Crippen LogP contribution in [0.25, 0.3) is 10.7 Å². The Morgan fingerprint density at radius 1 is 1.21 bits per heavy atom. The third-order valence-electron chi connectivity index (χ3n) is 5.58. The summed E-state index contributed by atoms with van der Waals surface area (Å²) in [7, 11) is 3.19. The summed E-state index contributed by atoms with van der Waals surface area (Å²) < 4.78 is 10.6. The maximum absolute atomic E-state index is 12.7. The number of methoxy groups -OCH3 is 2. The number of nitrogens with one attached hydrogen (secondary N) is 1. The minimum Gasteiger partial charge on any atom is -0.493 e. The van der Waals surface area contributed by atoms with Crippen molar-refractivity contribution in [3.05, 3.63) is 59.2 Å². The number of nitrogens with zero attached hydrogens (tertiary/aromatic N) is 3. The van der Waals surface area contributed by atoms with Gasteiger partial charge < -0.3 is 19.7 Å². The summed E-state index contributed by atoms with van der Waals surface area (Å²) in [5, 5.41) is 5.66. The molecule has 1 saturated heterocycles. The Morgan fingerprint density at radius 2 is 2.06 bits per heavy atom. The number of rotatable bonds is 9. The smallest absolute Gasteiger partial charge is 0.225 e. The molecule has 172 valence electrons. The minimum absolute atomic E-state index is 0.00160. The van der Waals surface area contributed by atoms with E-state index in [1.54, 1.807) is 25.3 Å². The molecule has 1 aliphatic heterocycles.